The van der Waals surface area contributed by atoms with E-state index in [0.29, 0.717) is 11.3 Å². The number of methoxy groups -OCH3 is 1. The van der Waals surface area contributed by atoms with E-state index in [4.69, 9.17) is 4.74 Å². The number of aliphatic hydroxyl groups is 1. The highest BCUT2D eigenvalue weighted by Gasteiger charge is 2.13. The number of hydrogen-bond donors (Lipinski definition) is 2. The maximum Gasteiger partial charge on any atom is 0.165 e. The van der Waals surface area contributed by atoms with Crippen LogP contribution in [0.4, 0.5) is 4.39 Å². The second kappa shape index (κ2) is 4.37. The van der Waals surface area contributed by atoms with Gasteiger partial charge in [0, 0.05) is 11.9 Å². The lowest BCUT2D eigenvalue weighted by molar-refractivity contribution is 0.215. The minimum atomic E-state index is -0.801. The molecule has 3 nitrogen and oxygen atoms in total. The van der Waals surface area contributed by atoms with Crippen molar-refractivity contribution < 1.29 is 14.2 Å². The molecule has 0 radical (unpaired) electrons. The van der Waals surface area contributed by atoms with Gasteiger partial charge >= 0.3 is 0 Å². The van der Waals surface area contributed by atoms with Crippen molar-refractivity contribution in [2.24, 2.45) is 0 Å². The lowest BCUT2D eigenvalue weighted by atomic mass is 10.1. The molecule has 0 spiro atoms. The summed E-state index contributed by atoms with van der Waals surface area (Å²) in [6, 6.07) is 7.85. The summed E-state index contributed by atoms with van der Waals surface area (Å²) in [7, 11) is 1.39. The van der Waals surface area contributed by atoms with E-state index in [1.807, 2.05) is 0 Å². The fourth-order valence-corrected chi connectivity index (χ4v) is 1.54. The molecule has 2 aromatic rings. The molecular formula is C12H12FNO2. The topological polar surface area (TPSA) is 45.2 Å². The molecule has 16 heavy (non-hydrogen) atoms. The van der Waals surface area contributed by atoms with Gasteiger partial charge in [0.2, 0.25) is 0 Å². The number of aromatic nitrogens is 1. The normalized spacial score (nSPS) is 12.4. The minimum absolute atomic E-state index is 0.128. The minimum Gasteiger partial charge on any atom is -0.494 e. The van der Waals surface area contributed by atoms with Crippen molar-refractivity contribution in [1.82, 2.24) is 4.98 Å². The molecule has 0 aliphatic heterocycles. The Morgan fingerprint density at radius 2 is 2.19 bits per heavy atom. The van der Waals surface area contributed by atoms with Gasteiger partial charge in [-0.15, -0.1) is 0 Å². The van der Waals surface area contributed by atoms with E-state index in [1.165, 1.54) is 25.3 Å². The zero-order valence-electron chi connectivity index (χ0n) is 8.77. The van der Waals surface area contributed by atoms with Crippen LogP contribution < -0.4 is 4.74 Å². The summed E-state index contributed by atoms with van der Waals surface area (Å²) < 4.78 is 18.0. The third-order valence-electron chi connectivity index (χ3n) is 2.41. The van der Waals surface area contributed by atoms with Crippen LogP contribution in [0.15, 0.2) is 36.5 Å². The number of aromatic amines is 1. The highest BCUT2D eigenvalue weighted by Crippen LogP contribution is 2.25. The molecule has 1 unspecified atom stereocenters. The summed E-state index contributed by atoms with van der Waals surface area (Å²) in [5.41, 5.74) is 1.24. The van der Waals surface area contributed by atoms with Crippen LogP contribution in [-0.4, -0.2) is 17.2 Å². The molecule has 4 heteroatoms. The third kappa shape index (κ3) is 1.92. The van der Waals surface area contributed by atoms with Crippen molar-refractivity contribution in [2.75, 3.05) is 7.11 Å². The zero-order chi connectivity index (χ0) is 11.5. The maximum absolute atomic E-state index is 13.2. The first-order valence-electron chi connectivity index (χ1n) is 4.87. The molecule has 2 N–H and O–H groups in total. The second-order valence-corrected chi connectivity index (χ2v) is 3.42. The van der Waals surface area contributed by atoms with Crippen LogP contribution in [0, 0.1) is 5.82 Å². The fraction of sp³-hybridized carbons (Fsp3) is 0.167. The van der Waals surface area contributed by atoms with Gasteiger partial charge in [0.15, 0.2) is 11.6 Å². The zero-order valence-corrected chi connectivity index (χ0v) is 8.77. The number of ether oxygens (including phenoxy) is 1. The highest BCUT2D eigenvalue weighted by molar-refractivity contribution is 5.34. The van der Waals surface area contributed by atoms with Gasteiger partial charge in [-0.2, -0.15) is 0 Å². The number of nitrogens with one attached hydrogen (secondary N) is 1. The van der Waals surface area contributed by atoms with E-state index < -0.39 is 11.9 Å². The van der Waals surface area contributed by atoms with E-state index in [-0.39, 0.29) is 5.75 Å². The largest absolute Gasteiger partial charge is 0.494 e. The summed E-state index contributed by atoms with van der Waals surface area (Å²) in [6.07, 6.45) is 0.920. The molecular weight excluding hydrogens is 209 g/mol. The first-order valence-corrected chi connectivity index (χ1v) is 4.87. The van der Waals surface area contributed by atoms with Crippen molar-refractivity contribution in [1.29, 1.82) is 0 Å². The van der Waals surface area contributed by atoms with Crippen molar-refractivity contribution in [2.45, 2.75) is 6.10 Å². The number of H-pyrrole nitrogens is 1. The van der Waals surface area contributed by atoms with Gasteiger partial charge in [0.1, 0.15) is 6.10 Å². The molecule has 2 rings (SSSR count). The van der Waals surface area contributed by atoms with Crippen LogP contribution in [0.1, 0.15) is 17.4 Å². The van der Waals surface area contributed by atoms with Crippen LogP contribution in [0.2, 0.25) is 0 Å². The van der Waals surface area contributed by atoms with Crippen molar-refractivity contribution >= 4 is 0 Å². The smallest absolute Gasteiger partial charge is 0.165 e. The van der Waals surface area contributed by atoms with E-state index in [0.717, 1.165) is 0 Å². The quantitative estimate of drug-likeness (QED) is 0.834. The number of rotatable bonds is 3. The lowest BCUT2D eigenvalue weighted by Gasteiger charge is -2.11. The summed E-state index contributed by atoms with van der Waals surface area (Å²) in [6.45, 7) is 0. The molecule has 0 aliphatic rings. The lowest BCUT2D eigenvalue weighted by Crippen LogP contribution is -2.01. The van der Waals surface area contributed by atoms with E-state index in [9.17, 15) is 9.50 Å². The molecule has 0 amide bonds. The first kappa shape index (κ1) is 10.7. The predicted molar refractivity (Wildman–Crippen MR) is 57.8 cm³/mol. The first-order chi connectivity index (χ1) is 7.72. The van der Waals surface area contributed by atoms with Crippen LogP contribution in [0.25, 0.3) is 0 Å². The molecule has 0 saturated heterocycles. The van der Waals surface area contributed by atoms with Gasteiger partial charge in [-0.3, -0.25) is 0 Å². The summed E-state index contributed by atoms with van der Waals surface area (Å²) in [4.78, 5) is 2.90. The number of benzene rings is 1. The third-order valence-corrected chi connectivity index (χ3v) is 2.41. The van der Waals surface area contributed by atoms with E-state index in [1.54, 1.807) is 18.3 Å². The Labute approximate surface area is 92.5 Å². The molecule has 84 valence electrons. The van der Waals surface area contributed by atoms with Crippen molar-refractivity contribution in [3.63, 3.8) is 0 Å². The Morgan fingerprint density at radius 3 is 2.81 bits per heavy atom. The molecule has 0 fully saturated rings. The van der Waals surface area contributed by atoms with Gasteiger partial charge in [0.05, 0.1) is 7.11 Å². The molecule has 0 bridgehead atoms. The van der Waals surface area contributed by atoms with Crippen molar-refractivity contribution in [3.8, 4) is 5.75 Å². The van der Waals surface area contributed by atoms with Crippen molar-refractivity contribution in [3.05, 3.63) is 53.6 Å². The number of aliphatic hydroxyl groups excluding tert-OH is 1. The SMILES string of the molecule is COc1cc(C(O)c2ccc[nH]2)ccc1F. The van der Waals surface area contributed by atoms with Crippen LogP contribution in [0.5, 0.6) is 5.75 Å². The fourth-order valence-electron chi connectivity index (χ4n) is 1.54. The average molecular weight is 221 g/mol. The maximum atomic E-state index is 13.2. The van der Waals surface area contributed by atoms with Crippen LogP contribution >= 0.6 is 0 Å². The Balaban J connectivity index is 2.34. The van der Waals surface area contributed by atoms with Gasteiger partial charge < -0.3 is 14.8 Å². The number of hydrogen-bond acceptors (Lipinski definition) is 2. The summed E-state index contributed by atoms with van der Waals surface area (Å²) in [5.74, 6) is -0.312. The van der Waals surface area contributed by atoms with E-state index >= 15 is 0 Å². The number of halogens is 1. The monoisotopic (exact) mass is 221 g/mol. The molecule has 1 heterocycles. The van der Waals surface area contributed by atoms with Gasteiger partial charge in [-0.25, -0.2) is 4.39 Å². The second-order valence-electron chi connectivity index (χ2n) is 3.42. The molecule has 0 saturated carbocycles. The summed E-state index contributed by atoms with van der Waals surface area (Å²) >= 11 is 0. The van der Waals surface area contributed by atoms with Gasteiger partial charge in [0.25, 0.3) is 0 Å². The van der Waals surface area contributed by atoms with Crippen LogP contribution in [-0.2, 0) is 0 Å². The highest BCUT2D eigenvalue weighted by atomic mass is 19.1. The molecule has 1 aromatic heterocycles. The Hall–Kier alpha value is -1.81. The Morgan fingerprint density at radius 1 is 1.38 bits per heavy atom. The molecule has 1 atom stereocenters. The molecule has 1 aromatic carbocycles. The molecule has 0 aliphatic carbocycles. The average Bonchev–Trinajstić information content (AvgIpc) is 2.82. The Kier molecular flexibility index (Phi) is 2.92. The summed E-state index contributed by atoms with van der Waals surface area (Å²) in [5, 5.41) is 9.98. The predicted octanol–water partition coefficient (Wildman–Crippen LogP) is 2.24. The Bertz CT molecular complexity index is 468. The van der Waals surface area contributed by atoms with E-state index in [2.05, 4.69) is 4.98 Å². The van der Waals surface area contributed by atoms with Gasteiger partial charge in [-0.05, 0) is 29.8 Å². The van der Waals surface area contributed by atoms with Gasteiger partial charge in [-0.1, -0.05) is 6.07 Å². The standard InChI is InChI=1S/C12H12FNO2/c1-16-11-7-8(4-5-9(11)13)12(15)10-3-2-6-14-10/h2-7,12,14-15H,1H3. The van der Waals surface area contributed by atoms with Crippen LogP contribution in [0.3, 0.4) is 0 Å².